The van der Waals surface area contributed by atoms with Crippen LogP contribution in [0.1, 0.15) is 36.1 Å². The van der Waals surface area contributed by atoms with Gasteiger partial charge >= 0.3 is 0 Å². The molecule has 11 nitrogen and oxygen atoms in total. The lowest BCUT2D eigenvalue weighted by molar-refractivity contribution is -0.384. The monoisotopic (exact) mass is 498 g/mol. The lowest BCUT2D eigenvalue weighted by Crippen LogP contribution is -2.33. The molecular weight excluding hydrogens is 472 g/mol. The largest absolute Gasteiger partial charge is 0.497 e. The molecule has 0 saturated heterocycles. The highest BCUT2D eigenvalue weighted by Crippen LogP contribution is 2.25. The van der Waals surface area contributed by atoms with Crippen LogP contribution in [0.4, 0.5) is 11.4 Å². The van der Waals surface area contributed by atoms with Gasteiger partial charge in [-0.3, -0.25) is 19.7 Å². The van der Waals surface area contributed by atoms with Gasteiger partial charge in [0.1, 0.15) is 5.75 Å². The lowest BCUT2D eigenvalue weighted by Gasteiger charge is -2.21. The first-order valence-corrected chi connectivity index (χ1v) is 11.7. The van der Waals surface area contributed by atoms with Gasteiger partial charge in [-0.25, -0.2) is 0 Å². The molecular formula is C23H26N6O5S. The second kappa shape index (κ2) is 11.5. The van der Waals surface area contributed by atoms with Gasteiger partial charge in [0.2, 0.25) is 5.91 Å². The molecule has 0 aliphatic heterocycles. The van der Waals surface area contributed by atoms with Gasteiger partial charge in [0.25, 0.3) is 11.6 Å². The highest BCUT2D eigenvalue weighted by Gasteiger charge is 2.26. The Bertz CT molecular complexity index is 1210. The number of nitrogens with one attached hydrogen (secondary N) is 2. The Labute approximate surface area is 206 Å². The Morgan fingerprint density at radius 2 is 1.89 bits per heavy atom. The summed E-state index contributed by atoms with van der Waals surface area (Å²) in [7, 11) is 3.33. The van der Waals surface area contributed by atoms with E-state index in [1.54, 1.807) is 43.0 Å². The third-order valence-corrected chi connectivity index (χ3v) is 6.15. The van der Waals surface area contributed by atoms with Crippen LogP contribution in [-0.2, 0) is 11.8 Å². The number of thioether (sulfide) groups is 1. The van der Waals surface area contributed by atoms with Crippen LogP contribution in [0.2, 0.25) is 0 Å². The number of nitro benzene ring substituents is 1. The Balaban J connectivity index is 1.66. The molecule has 0 saturated carbocycles. The van der Waals surface area contributed by atoms with Crippen molar-refractivity contribution in [2.75, 3.05) is 18.2 Å². The molecule has 2 N–H and O–H groups in total. The van der Waals surface area contributed by atoms with Gasteiger partial charge < -0.3 is 19.9 Å². The highest BCUT2D eigenvalue weighted by atomic mass is 32.2. The van der Waals surface area contributed by atoms with Crippen molar-refractivity contribution in [3.63, 3.8) is 0 Å². The minimum absolute atomic E-state index is 0.0447. The van der Waals surface area contributed by atoms with E-state index in [9.17, 15) is 19.7 Å². The summed E-state index contributed by atoms with van der Waals surface area (Å²) in [6, 6.07) is 12.0. The Hall–Kier alpha value is -3.93. The van der Waals surface area contributed by atoms with Crippen molar-refractivity contribution < 1.29 is 19.2 Å². The normalized spacial score (nSPS) is 11.7. The first-order chi connectivity index (χ1) is 16.7. The fourth-order valence-corrected chi connectivity index (χ4v) is 3.96. The van der Waals surface area contributed by atoms with Crippen molar-refractivity contribution in [1.29, 1.82) is 0 Å². The van der Waals surface area contributed by atoms with E-state index >= 15 is 0 Å². The summed E-state index contributed by atoms with van der Waals surface area (Å²) in [6.07, 6.45) is 0. The summed E-state index contributed by atoms with van der Waals surface area (Å²) in [4.78, 5) is 35.6. The van der Waals surface area contributed by atoms with E-state index in [4.69, 9.17) is 4.74 Å². The second-order valence-corrected chi connectivity index (χ2v) is 8.91. The number of aromatic nitrogens is 3. The Morgan fingerprint density at radius 3 is 2.51 bits per heavy atom. The number of anilines is 1. The number of methoxy groups -OCH3 is 1. The summed E-state index contributed by atoms with van der Waals surface area (Å²) in [5.74, 6) is 0.618. The van der Waals surface area contributed by atoms with Crippen molar-refractivity contribution in [2.45, 2.75) is 25.0 Å². The number of rotatable bonds is 10. The molecule has 1 atom stereocenters. The number of carbonyl (C=O) groups excluding carboxylic acids is 2. The summed E-state index contributed by atoms with van der Waals surface area (Å²) < 4.78 is 6.83. The molecule has 2 aromatic carbocycles. The van der Waals surface area contributed by atoms with E-state index < -0.39 is 16.9 Å². The van der Waals surface area contributed by atoms with Crippen molar-refractivity contribution in [3.05, 3.63) is 70.0 Å². The molecule has 1 aromatic heterocycles. The van der Waals surface area contributed by atoms with Crippen LogP contribution in [0.3, 0.4) is 0 Å². The molecule has 0 aliphatic rings. The molecule has 3 rings (SSSR count). The number of carbonyl (C=O) groups is 2. The standard InChI is InChI=1S/C23H26N6O5S/c1-14(2)20(25-22(31)15-6-5-7-17(12-15)29(32)33)21-26-27-23(28(21)3)35-13-19(30)24-16-8-10-18(34-4)11-9-16/h5-12,14,20H,13H2,1-4H3,(H,24,30)(H,25,31)/t20-/m1/s1. The zero-order valence-corrected chi connectivity index (χ0v) is 20.5. The molecule has 0 unspecified atom stereocenters. The number of nitro groups is 1. The first-order valence-electron chi connectivity index (χ1n) is 10.7. The van der Waals surface area contributed by atoms with Gasteiger partial charge in [-0.05, 0) is 36.2 Å². The zero-order chi connectivity index (χ0) is 25.5. The predicted molar refractivity (Wildman–Crippen MR) is 131 cm³/mol. The average Bonchev–Trinajstić information content (AvgIpc) is 3.21. The third-order valence-electron chi connectivity index (χ3n) is 5.13. The zero-order valence-electron chi connectivity index (χ0n) is 19.7. The van der Waals surface area contributed by atoms with E-state index in [2.05, 4.69) is 20.8 Å². The lowest BCUT2D eigenvalue weighted by atomic mass is 10.0. The van der Waals surface area contributed by atoms with E-state index in [0.717, 1.165) is 0 Å². The van der Waals surface area contributed by atoms with Gasteiger partial charge in [0, 0.05) is 30.4 Å². The summed E-state index contributed by atoms with van der Waals surface area (Å²) in [5.41, 5.74) is 0.666. The molecule has 2 amide bonds. The number of ether oxygens (including phenoxy) is 1. The SMILES string of the molecule is COc1ccc(NC(=O)CSc2nnc([C@H](NC(=O)c3cccc([N+](=O)[O-])c3)C(C)C)n2C)cc1. The van der Waals surface area contributed by atoms with Crippen LogP contribution in [0.15, 0.2) is 53.7 Å². The van der Waals surface area contributed by atoms with E-state index in [1.807, 2.05) is 13.8 Å². The molecule has 0 spiro atoms. The van der Waals surface area contributed by atoms with Crippen molar-refractivity contribution in [3.8, 4) is 5.75 Å². The minimum atomic E-state index is -0.548. The smallest absolute Gasteiger partial charge is 0.270 e. The van der Waals surface area contributed by atoms with Gasteiger partial charge in [-0.2, -0.15) is 0 Å². The van der Waals surface area contributed by atoms with Crippen LogP contribution in [0, 0.1) is 16.0 Å². The second-order valence-electron chi connectivity index (χ2n) is 7.97. The maximum Gasteiger partial charge on any atom is 0.270 e. The number of hydrogen-bond acceptors (Lipinski definition) is 8. The third kappa shape index (κ3) is 6.57. The number of non-ortho nitro benzene ring substituents is 1. The fraction of sp³-hybridized carbons (Fsp3) is 0.304. The minimum Gasteiger partial charge on any atom is -0.497 e. The van der Waals surface area contributed by atoms with Crippen molar-refractivity contribution >= 4 is 35.0 Å². The molecule has 184 valence electrons. The van der Waals surface area contributed by atoms with E-state index in [1.165, 1.54) is 36.0 Å². The molecule has 0 bridgehead atoms. The quantitative estimate of drug-likeness (QED) is 0.245. The van der Waals surface area contributed by atoms with E-state index in [-0.39, 0.29) is 28.8 Å². The first kappa shape index (κ1) is 25.7. The maximum atomic E-state index is 12.8. The molecule has 3 aromatic rings. The van der Waals surface area contributed by atoms with Crippen LogP contribution in [-0.4, -0.2) is 44.4 Å². The molecule has 0 aliphatic carbocycles. The summed E-state index contributed by atoms with van der Waals surface area (Å²) >= 11 is 1.22. The van der Waals surface area contributed by atoms with Crippen molar-refractivity contribution in [1.82, 2.24) is 20.1 Å². The van der Waals surface area contributed by atoms with Crippen LogP contribution < -0.4 is 15.4 Å². The molecule has 12 heteroatoms. The van der Waals surface area contributed by atoms with E-state index in [0.29, 0.717) is 22.4 Å². The van der Waals surface area contributed by atoms with Crippen molar-refractivity contribution in [2.24, 2.45) is 13.0 Å². The Kier molecular flexibility index (Phi) is 8.42. The maximum absolute atomic E-state index is 12.8. The predicted octanol–water partition coefficient (Wildman–Crippen LogP) is 3.59. The van der Waals surface area contributed by atoms with Gasteiger partial charge in [-0.1, -0.05) is 31.7 Å². The van der Waals surface area contributed by atoms with Gasteiger partial charge in [0.15, 0.2) is 11.0 Å². The fourth-order valence-electron chi connectivity index (χ4n) is 3.24. The topological polar surface area (TPSA) is 141 Å². The number of hydrogen-bond donors (Lipinski definition) is 2. The molecule has 0 fully saturated rings. The summed E-state index contributed by atoms with van der Waals surface area (Å²) in [6.45, 7) is 3.84. The van der Waals surface area contributed by atoms with Crippen LogP contribution in [0.5, 0.6) is 5.75 Å². The highest BCUT2D eigenvalue weighted by molar-refractivity contribution is 7.99. The van der Waals surface area contributed by atoms with Crippen LogP contribution >= 0.6 is 11.8 Å². The molecule has 0 radical (unpaired) electrons. The summed E-state index contributed by atoms with van der Waals surface area (Å²) in [5, 5.41) is 25.7. The average molecular weight is 499 g/mol. The number of benzene rings is 2. The molecule has 1 heterocycles. The van der Waals surface area contributed by atoms with Gasteiger partial charge in [0.05, 0.1) is 23.8 Å². The van der Waals surface area contributed by atoms with Gasteiger partial charge in [-0.15, -0.1) is 10.2 Å². The molecule has 35 heavy (non-hydrogen) atoms. The number of amides is 2. The number of nitrogens with zero attached hydrogens (tertiary/aromatic N) is 4. The Morgan fingerprint density at radius 1 is 1.17 bits per heavy atom. The van der Waals surface area contributed by atoms with Crippen LogP contribution in [0.25, 0.3) is 0 Å².